The molecule has 2 aromatic rings. The largest absolute Gasteiger partial charge is 0.486 e. The van der Waals surface area contributed by atoms with Gasteiger partial charge in [0.05, 0.1) is 10.9 Å². The zero-order chi connectivity index (χ0) is 19.0. The summed E-state index contributed by atoms with van der Waals surface area (Å²) in [5, 5.41) is 2.74. The minimum atomic E-state index is -0.556. The van der Waals surface area contributed by atoms with Crippen LogP contribution in [0.25, 0.3) is 0 Å². The Morgan fingerprint density at radius 3 is 2.70 bits per heavy atom. The number of anilines is 2. The van der Waals surface area contributed by atoms with Crippen LogP contribution in [0, 0.1) is 11.7 Å². The predicted octanol–water partition coefficient (Wildman–Crippen LogP) is 3.24. The Morgan fingerprint density at radius 2 is 1.93 bits per heavy atom. The van der Waals surface area contributed by atoms with Crippen molar-refractivity contribution in [1.29, 1.82) is 0 Å². The molecule has 0 spiro atoms. The first-order valence-corrected chi connectivity index (χ1v) is 8.85. The van der Waals surface area contributed by atoms with E-state index in [0.29, 0.717) is 36.1 Å². The van der Waals surface area contributed by atoms with E-state index in [1.54, 1.807) is 18.2 Å². The number of rotatable bonds is 3. The molecule has 27 heavy (non-hydrogen) atoms. The van der Waals surface area contributed by atoms with Gasteiger partial charge in [0.15, 0.2) is 11.5 Å². The van der Waals surface area contributed by atoms with Gasteiger partial charge in [-0.05, 0) is 30.3 Å². The van der Waals surface area contributed by atoms with Crippen molar-refractivity contribution in [2.75, 3.05) is 30.0 Å². The number of carbonyl (C=O) groups is 2. The molecule has 1 saturated heterocycles. The first kappa shape index (κ1) is 17.6. The van der Waals surface area contributed by atoms with Crippen molar-refractivity contribution in [3.8, 4) is 11.5 Å². The second kappa shape index (κ2) is 7.08. The van der Waals surface area contributed by atoms with Gasteiger partial charge in [-0.3, -0.25) is 9.59 Å². The summed E-state index contributed by atoms with van der Waals surface area (Å²) in [7, 11) is 0. The van der Waals surface area contributed by atoms with Crippen LogP contribution < -0.4 is 19.7 Å². The molecule has 0 aliphatic carbocycles. The second-order valence-electron chi connectivity index (χ2n) is 6.35. The molecular formula is C19H16ClFN2O4. The molecule has 4 rings (SSSR count). The fraction of sp³-hybridized carbons (Fsp3) is 0.263. The highest BCUT2D eigenvalue weighted by molar-refractivity contribution is 6.31. The van der Waals surface area contributed by atoms with Crippen molar-refractivity contribution >= 4 is 34.8 Å². The van der Waals surface area contributed by atoms with Gasteiger partial charge < -0.3 is 19.7 Å². The maximum atomic E-state index is 13.3. The summed E-state index contributed by atoms with van der Waals surface area (Å²) in [5.41, 5.74) is 1.04. The number of benzene rings is 2. The third-order valence-corrected chi connectivity index (χ3v) is 4.81. The van der Waals surface area contributed by atoms with Gasteiger partial charge >= 0.3 is 0 Å². The van der Waals surface area contributed by atoms with Gasteiger partial charge in [0, 0.05) is 30.4 Å². The molecule has 0 bridgehead atoms. The van der Waals surface area contributed by atoms with Crippen LogP contribution in [0.4, 0.5) is 15.8 Å². The highest BCUT2D eigenvalue weighted by Crippen LogP contribution is 2.33. The van der Waals surface area contributed by atoms with E-state index in [1.165, 1.54) is 23.1 Å². The highest BCUT2D eigenvalue weighted by atomic mass is 35.5. The third kappa shape index (κ3) is 3.55. The van der Waals surface area contributed by atoms with Gasteiger partial charge in [-0.25, -0.2) is 4.39 Å². The van der Waals surface area contributed by atoms with E-state index >= 15 is 0 Å². The zero-order valence-corrected chi connectivity index (χ0v) is 15.0. The lowest BCUT2D eigenvalue weighted by Crippen LogP contribution is -2.28. The normalized spacial score (nSPS) is 18.5. The van der Waals surface area contributed by atoms with Crippen LogP contribution in [0.15, 0.2) is 36.4 Å². The molecule has 2 aliphatic heterocycles. The SMILES string of the molecule is O=C(Nc1ccc2c(c1)OCCO2)[C@@H]1CC(=O)N(c2ccc(F)c(Cl)c2)C1. The molecule has 2 aliphatic rings. The number of amides is 2. The number of ether oxygens (including phenoxy) is 2. The van der Waals surface area contributed by atoms with Crippen molar-refractivity contribution in [2.45, 2.75) is 6.42 Å². The lowest BCUT2D eigenvalue weighted by atomic mass is 10.1. The molecule has 2 aromatic carbocycles. The first-order chi connectivity index (χ1) is 13.0. The van der Waals surface area contributed by atoms with Crippen LogP contribution in [0.2, 0.25) is 5.02 Å². The smallest absolute Gasteiger partial charge is 0.229 e. The number of hydrogen-bond donors (Lipinski definition) is 1. The third-order valence-electron chi connectivity index (χ3n) is 4.52. The number of fused-ring (bicyclic) bond motifs is 1. The lowest BCUT2D eigenvalue weighted by molar-refractivity contribution is -0.122. The first-order valence-electron chi connectivity index (χ1n) is 8.47. The van der Waals surface area contributed by atoms with Crippen molar-refractivity contribution in [1.82, 2.24) is 0 Å². The van der Waals surface area contributed by atoms with Crippen LogP contribution in [0.5, 0.6) is 11.5 Å². The Bertz CT molecular complexity index is 921. The summed E-state index contributed by atoms with van der Waals surface area (Å²) >= 11 is 5.79. The predicted molar refractivity (Wildman–Crippen MR) is 97.9 cm³/mol. The molecule has 0 radical (unpaired) electrons. The van der Waals surface area contributed by atoms with E-state index in [2.05, 4.69) is 5.32 Å². The monoisotopic (exact) mass is 390 g/mol. The van der Waals surface area contributed by atoms with Gasteiger partial charge in [-0.1, -0.05) is 11.6 Å². The van der Waals surface area contributed by atoms with E-state index in [0.717, 1.165) is 0 Å². The van der Waals surface area contributed by atoms with Crippen molar-refractivity contribution in [2.24, 2.45) is 5.92 Å². The summed E-state index contributed by atoms with van der Waals surface area (Å²) in [6.45, 7) is 1.15. The Hall–Kier alpha value is -2.80. The van der Waals surface area contributed by atoms with Crippen LogP contribution in [-0.4, -0.2) is 31.6 Å². The fourth-order valence-corrected chi connectivity index (χ4v) is 3.33. The molecule has 0 aromatic heterocycles. The average molecular weight is 391 g/mol. The number of halogens is 2. The Kier molecular flexibility index (Phi) is 4.61. The van der Waals surface area contributed by atoms with Crippen molar-refractivity contribution in [3.05, 3.63) is 47.2 Å². The molecule has 8 heteroatoms. The molecule has 1 N–H and O–H groups in total. The average Bonchev–Trinajstić information content (AvgIpc) is 3.06. The Morgan fingerprint density at radius 1 is 1.15 bits per heavy atom. The van der Waals surface area contributed by atoms with E-state index in [9.17, 15) is 14.0 Å². The van der Waals surface area contributed by atoms with Gasteiger partial charge in [-0.2, -0.15) is 0 Å². The van der Waals surface area contributed by atoms with E-state index in [1.807, 2.05) is 0 Å². The van der Waals surface area contributed by atoms with Gasteiger partial charge in [0.2, 0.25) is 11.8 Å². The molecule has 0 saturated carbocycles. The topological polar surface area (TPSA) is 67.9 Å². The summed E-state index contributed by atoms with van der Waals surface area (Å²) in [4.78, 5) is 26.3. The highest BCUT2D eigenvalue weighted by Gasteiger charge is 2.35. The molecule has 1 atom stereocenters. The quantitative estimate of drug-likeness (QED) is 0.873. The number of nitrogens with one attached hydrogen (secondary N) is 1. The zero-order valence-electron chi connectivity index (χ0n) is 14.2. The maximum absolute atomic E-state index is 13.3. The van der Waals surface area contributed by atoms with Crippen LogP contribution in [-0.2, 0) is 9.59 Å². The standard InChI is InChI=1S/C19H16ClFN2O4/c20-14-9-13(2-3-15(14)21)23-10-11(7-18(23)24)19(25)22-12-1-4-16-17(8-12)27-6-5-26-16/h1-4,8-9,11H,5-7,10H2,(H,22,25)/t11-/m1/s1. The molecule has 140 valence electrons. The number of carbonyl (C=O) groups excluding carboxylic acids is 2. The van der Waals surface area contributed by atoms with E-state index < -0.39 is 11.7 Å². The van der Waals surface area contributed by atoms with Crippen LogP contribution in [0.1, 0.15) is 6.42 Å². The summed E-state index contributed by atoms with van der Waals surface area (Å²) in [5.74, 6) is -0.344. The maximum Gasteiger partial charge on any atom is 0.229 e. The van der Waals surface area contributed by atoms with Gasteiger partial charge in [-0.15, -0.1) is 0 Å². The van der Waals surface area contributed by atoms with Crippen molar-refractivity contribution < 1.29 is 23.5 Å². The molecule has 1 fully saturated rings. The molecule has 6 nitrogen and oxygen atoms in total. The molecule has 2 heterocycles. The Labute approximate surface area is 159 Å². The second-order valence-corrected chi connectivity index (χ2v) is 6.76. The summed E-state index contributed by atoms with van der Waals surface area (Å²) < 4.78 is 24.3. The fourth-order valence-electron chi connectivity index (χ4n) is 3.15. The summed E-state index contributed by atoms with van der Waals surface area (Å²) in [6, 6.07) is 9.21. The van der Waals surface area contributed by atoms with Crippen LogP contribution >= 0.6 is 11.6 Å². The van der Waals surface area contributed by atoms with Crippen LogP contribution in [0.3, 0.4) is 0 Å². The summed E-state index contributed by atoms with van der Waals surface area (Å²) in [6.07, 6.45) is 0.0748. The van der Waals surface area contributed by atoms with E-state index in [-0.39, 0.29) is 29.8 Å². The molecule has 2 amide bonds. The number of nitrogens with zero attached hydrogens (tertiary/aromatic N) is 1. The molecule has 0 unspecified atom stereocenters. The molecular weight excluding hydrogens is 375 g/mol. The Balaban J connectivity index is 1.45. The van der Waals surface area contributed by atoms with Gasteiger partial charge in [0.25, 0.3) is 0 Å². The lowest BCUT2D eigenvalue weighted by Gasteiger charge is -2.19. The minimum absolute atomic E-state index is 0.0653. The van der Waals surface area contributed by atoms with Gasteiger partial charge in [0.1, 0.15) is 19.0 Å². The van der Waals surface area contributed by atoms with Crippen molar-refractivity contribution in [3.63, 3.8) is 0 Å². The minimum Gasteiger partial charge on any atom is -0.486 e. The number of hydrogen-bond acceptors (Lipinski definition) is 4. The van der Waals surface area contributed by atoms with E-state index in [4.69, 9.17) is 21.1 Å².